The number of rotatable bonds is 7. The number of hydrogen-bond donors (Lipinski definition) is 1. The van der Waals surface area contributed by atoms with Gasteiger partial charge >= 0.3 is 11.9 Å². The van der Waals surface area contributed by atoms with E-state index in [0.29, 0.717) is 16.5 Å². The van der Waals surface area contributed by atoms with Gasteiger partial charge in [-0.1, -0.05) is 19.1 Å². The first kappa shape index (κ1) is 24.6. The molecule has 2 aliphatic rings. The zero-order chi connectivity index (χ0) is 25.3. The molecule has 0 fully saturated rings. The van der Waals surface area contributed by atoms with Crippen LogP contribution in [0.4, 0.5) is 5.00 Å². The first-order valence-electron chi connectivity index (χ1n) is 11.5. The topological polar surface area (TPSA) is 119 Å². The molecule has 0 bridgehead atoms. The fourth-order valence-electron chi connectivity index (χ4n) is 4.27. The molecule has 1 N–H and O–H groups in total. The van der Waals surface area contributed by atoms with Crippen molar-refractivity contribution in [2.75, 3.05) is 18.5 Å². The van der Waals surface area contributed by atoms with Crippen molar-refractivity contribution >= 4 is 46.0 Å². The van der Waals surface area contributed by atoms with Crippen molar-refractivity contribution in [1.29, 1.82) is 0 Å². The minimum atomic E-state index is -1.22. The monoisotopic (exact) mass is 498 g/mol. The third-order valence-corrected chi connectivity index (χ3v) is 7.24. The Balaban J connectivity index is 1.43. The van der Waals surface area contributed by atoms with E-state index in [1.807, 2.05) is 0 Å². The van der Waals surface area contributed by atoms with Crippen molar-refractivity contribution in [3.8, 4) is 0 Å². The lowest BCUT2D eigenvalue weighted by Gasteiger charge is -2.18. The highest BCUT2D eigenvalue weighted by Crippen LogP contribution is 2.40. The number of hydrogen-bond acceptors (Lipinski definition) is 8. The Hall–Kier alpha value is -3.53. The molecular weight excluding hydrogens is 472 g/mol. The third kappa shape index (κ3) is 4.84. The van der Waals surface area contributed by atoms with Crippen molar-refractivity contribution in [2.45, 2.75) is 46.1 Å². The first-order chi connectivity index (χ1) is 16.7. The van der Waals surface area contributed by atoms with Crippen molar-refractivity contribution in [3.63, 3.8) is 0 Å². The van der Waals surface area contributed by atoms with Crippen LogP contribution in [0, 0.1) is 5.92 Å². The van der Waals surface area contributed by atoms with Gasteiger partial charge in [0.2, 0.25) is 0 Å². The zero-order valence-corrected chi connectivity index (χ0v) is 20.5. The second kappa shape index (κ2) is 9.99. The van der Waals surface area contributed by atoms with Gasteiger partial charge in [-0.25, -0.2) is 4.79 Å². The second-order valence-corrected chi connectivity index (χ2v) is 9.74. The molecule has 2 atom stereocenters. The SMILES string of the molecule is CCOC(=O)c1c(NC(=O)C(C)OC(=O)CN2C(=O)c3ccccc3C2=O)sc2c1CCC(C)C2. The van der Waals surface area contributed by atoms with Crippen LogP contribution in [0.3, 0.4) is 0 Å². The number of carbonyl (C=O) groups is 5. The number of nitrogens with zero attached hydrogens (tertiary/aromatic N) is 1. The number of ether oxygens (including phenoxy) is 2. The average molecular weight is 499 g/mol. The Kier molecular flexibility index (Phi) is 7.02. The molecule has 0 spiro atoms. The summed E-state index contributed by atoms with van der Waals surface area (Å²) in [4.78, 5) is 64.6. The summed E-state index contributed by atoms with van der Waals surface area (Å²) in [6.45, 7) is 4.84. The minimum Gasteiger partial charge on any atom is -0.462 e. The molecule has 1 aromatic heterocycles. The molecular formula is C25H26N2O7S. The van der Waals surface area contributed by atoms with Gasteiger partial charge in [-0.3, -0.25) is 24.1 Å². The molecule has 35 heavy (non-hydrogen) atoms. The van der Waals surface area contributed by atoms with Gasteiger partial charge in [0.1, 0.15) is 11.5 Å². The highest BCUT2D eigenvalue weighted by Gasteiger charge is 2.37. The summed E-state index contributed by atoms with van der Waals surface area (Å²) in [5.74, 6) is -2.72. The van der Waals surface area contributed by atoms with E-state index >= 15 is 0 Å². The molecule has 0 radical (unpaired) electrons. The lowest BCUT2D eigenvalue weighted by molar-refractivity contribution is -0.153. The van der Waals surface area contributed by atoms with E-state index in [1.165, 1.54) is 30.4 Å². The van der Waals surface area contributed by atoms with Gasteiger partial charge in [-0.05, 0) is 56.7 Å². The molecule has 1 aliphatic heterocycles. The number of thiophene rings is 1. The van der Waals surface area contributed by atoms with Gasteiger partial charge in [-0.2, -0.15) is 0 Å². The summed E-state index contributed by atoms with van der Waals surface area (Å²) < 4.78 is 10.4. The summed E-state index contributed by atoms with van der Waals surface area (Å²) in [7, 11) is 0. The molecule has 1 aliphatic carbocycles. The van der Waals surface area contributed by atoms with Gasteiger partial charge in [0.25, 0.3) is 17.7 Å². The Morgan fingerprint density at radius 2 is 1.83 bits per heavy atom. The summed E-state index contributed by atoms with van der Waals surface area (Å²) >= 11 is 1.33. The summed E-state index contributed by atoms with van der Waals surface area (Å²) in [6, 6.07) is 6.29. The third-order valence-electron chi connectivity index (χ3n) is 6.07. The Bertz CT molecular complexity index is 1180. The van der Waals surface area contributed by atoms with Crippen LogP contribution in [-0.2, 0) is 31.9 Å². The van der Waals surface area contributed by atoms with Crippen LogP contribution in [-0.4, -0.2) is 53.8 Å². The van der Waals surface area contributed by atoms with E-state index in [4.69, 9.17) is 9.47 Å². The van der Waals surface area contributed by atoms with Gasteiger partial charge in [0.05, 0.1) is 23.3 Å². The molecule has 0 saturated heterocycles. The van der Waals surface area contributed by atoms with Crippen LogP contribution in [0.2, 0.25) is 0 Å². The summed E-state index contributed by atoms with van der Waals surface area (Å²) in [6.07, 6.45) is 1.26. The van der Waals surface area contributed by atoms with Crippen LogP contribution in [0.1, 0.15) is 68.7 Å². The number of carbonyl (C=O) groups excluding carboxylic acids is 5. The highest BCUT2D eigenvalue weighted by molar-refractivity contribution is 7.17. The number of amides is 3. The van der Waals surface area contributed by atoms with Gasteiger partial charge in [0.15, 0.2) is 6.10 Å². The fourth-order valence-corrected chi connectivity index (χ4v) is 5.67. The largest absolute Gasteiger partial charge is 0.462 e. The number of fused-ring (bicyclic) bond motifs is 2. The van der Waals surface area contributed by atoms with E-state index in [0.717, 1.165) is 34.6 Å². The summed E-state index contributed by atoms with van der Waals surface area (Å²) in [5.41, 5.74) is 1.70. The van der Waals surface area contributed by atoms with E-state index in [-0.39, 0.29) is 17.7 Å². The van der Waals surface area contributed by atoms with Crippen molar-refractivity contribution in [2.24, 2.45) is 5.92 Å². The molecule has 3 amide bonds. The predicted molar refractivity (Wildman–Crippen MR) is 127 cm³/mol. The average Bonchev–Trinajstić information content (AvgIpc) is 3.29. The molecule has 0 saturated carbocycles. The van der Waals surface area contributed by atoms with Crippen LogP contribution in [0.15, 0.2) is 24.3 Å². The molecule has 10 heteroatoms. The molecule has 2 heterocycles. The molecule has 184 valence electrons. The van der Waals surface area contributed by atoms with Crippen molar-refractivity contribution in [1.82, 2.24) is 4.90 Å². The van der Waals surface area contributed by atoms with Gasteiger partial charge in [-0.15, -0.1) is 11.3 Å². The maximum Gasteiger partial charge on any atom is 0.341 e. The minimum absolute atomic E-state index is 0.207. The van der Waals surface area contributed by atoms with Crippen LogP contribution < -0.4 is 5.32 Å². The molecule has 9 nitrogen and oxygen atoms in total. The Labute approximate surface area is 206 Å². The van der Waals surface area contributed by atoms with E-state index in [1.54, 1.807) is 19.1 Å². The summed E-state index contributed by atoms with van der Waals surface area (Å²) in [5, 5.41) is 3.08. The lowest BCUT2D eigenvalue weighted by atomic mass is 9.88. The van der Waals surface area contributed by atoms with Crippen LogP contribution >= 0.6 is 11.3 Å². The molecule has 2 unspecified atom stereocenters. The van der Waals surface area contributed by atoms with E-state index in [9.17, 15) is 24.0 Å². The smallest absolute Gasteiger partial charge is 0.341 e. The van der Waals surface area contributed by atoms with Crippen molar-refractivity contribution < 1.29 is 33.4 Å². The Morgan fingerprint density at radius 3 is 2.46 bits per heavy atom. The Morgan fingerprint density at radius 1 is 1.17 bits per heavy atom. The first-order valence-corrected chi connectivity index (χ1v) is 12.3. The number of nitrogens with one attached hydrogen (secondary N) is 1. The van der Waals surface area contributed by atoms with Crippen LogP contribution in [0.5, 0.6) is 0 Å². The van der Waals surface area contributed by atoms with Gasteiger partial charge in [0, 0.05) is 4.88 Å². The second-order valence-electron chi connectivity index (χ2n) is 8.64. The fraction of sp³-hybridized carbons (Fsp3) is 0.400. The number of imide groups is 1. The molecule has 2 aromatic rings. The maximum atomic E-state index is 12.8. The predicted octanol–water partition coefficient (Wildman–Crippen LogP) is 3.22. The lowest BCUT2D eigenvalue weighted by Crippen LogP contribution is -2.38. The maximum absolute atomic E-state index is 12.8. The zero-order valence-electron chi connectivity index (χ0n) is 19.7. The highest BCUT2D eigenvalue weighted by atomic mass is 32.1. The number of benzene rings is 1. The van der Waals surface area contributed by atoms with E-state index in [2.05, 4.69) is 12.2 Å². The molecule has 4 rings (SSSR count). The standard InChI is InChI=1S/C25H26N2O7S/c1-4-33-25(32)20-17-10-9-13(2)11-18(17)35-22(20)26-21(29)14(3)34-19(28)12-27-23(30)15-7-5-6-8-16(15)24(27)31/h5-8,13-14H,4,9-12H2,1-3H3,(H,26,29). The number of esters is 2. The number of anilines is 1. The van der Waals surface area contributed by atoms with Crippen LogP contribution in [0.25, 0.3) is 0 Å². The molecule has 1 aromatic carbocycles. The quantitative estimate of drug-likeness (QED) is 0.460. The van der Waals surface area contributed by atoms with E-state index < -0.39 is 42.3 Å². The normalized spacial score (nSPS) is 17.5. The van der Waals surface area contributed by atoms with Gasteiger partial charge < -0.3 is 14.8 Å². The van der Waals surface area contributed by atoms with Crippen molar-refractivity contribution in [3.05, 3.63) is 51.4 Å².